The van der Waals surface area contributed by atoms with E-state index >= 15 is 0 Å². The Morgan fingerprint density at radius 3 is 2.81 bits per heavy atom. The summed E-state index contributed by atoms with van der Waals surface area (Å²) in [5, 5.41) is 4.24. The second-order valence-electron chi connectivity index (χ2n) is 4.97. The third-order valence-corrected chi connectivity index (χ3v) is 3.40. The molecular formula is C17H18N4. The van der Waals surface area contributed by atoms with E-state index in [4.69, 9.17) is 0 Å². The van der Waals surface area contributed by atoms with Gasteiger partial charge in [-0.15, -0.1) is 0 Å². The van der Waals surface area contributed by atoms with Gasteiger partial charge in [0.25, 0.3) is 0 Å². The summed E-state index contributed by atoms with van der Waals surface area (Å²) in [6.45, 7) is 2.13. The van der Waals surface area contributed by atoms with Gasteiger partial charge in [-0.1, -0.05) is 25.1 Å². The fourth-order valence-corrected chi connectivity index (χ4v) is 2.33. The molecular weight excluding hydrogens is 260 g/mol. The summed E-state index contributed by atoms with van der Waals surface area (Å²) in [5.41, 5.74) is 2.99. The zero-order valence-electron chi connectivity index (χ0n) is 12.3. The molecule has 1 N–H and O–H groups in total. The summed E-state index contributed by atoms with van der Waals surface area (Å²) in [7, 11) is 1.88. The van der Waals surface area contributed by atoms with E-state index in [1.807, 2.05) is 25.4 Å². The molecule has 0 saturated carbocycles. The van der Waals surface area contributed by atoms with Crippen LogP contribution in [0.4, 0.5) is 5.82 Å². The molecule has 106 valence electrons. The van der Waals surface area contributed by atoms with E-state index in [2.05, 4.69) is 51.5 Å². The van der Waals surface area contributed by atoms with Crippen LogP contribution in [0.25, 0.3) is 22.2 Å². The standard InChI is InChI=1S/C17H18N4/c1-3-5-16-20-15(11-17(18-2)21-16)13-8-7-12-6-4-9-19-14(12)10-13/h4,6-11H,3,5H2,1-2H3,(H,18,20,21). The van der Waals surface area contributed by atoms with E-state index in [-0.39, 0.29) is 0 Å². The second kappa shape index (κ2) is 5.87. The Morgan fingerprint density at radius 2 is 2.00 bits per heavy atom. The maximum Gasteiger partial charge on any atom is 0.131 e. The molecule has 3 aromatic rings. The summed E-state index contributed by atoms with van der Waals surface area (Å²) in [6, 6.07) is 12.2. The van der Waals surface area contributed by atoms with Gasteiger partial charge in [0.05, 0.1) is 11.2 Å². The number of hydrogen-bond acceptors (Lipinski definition) is 4. The molecule has 0 amide bonds. The number of hydrogen-bond donors (Lipinski definition) is 1. The molecule has 0 fully saturated rings. The number of fused-ring (bicyclic) bond motifs is 1. The van der Waals surface area contributed by atoms with Gasteiger partial charge in [-0.25, -0.2) is 9.97 Å². The molecule has 0 bridgehead atoms. The van der Waals surface area contributed by atoms with Crippen molar-refractivity contribution < 1.29 is 0 Å². The number of rotatable bonds is 4. The predicted molar refractivity (Wildman–Crippen MR) is 86.3 cm³/mol. The van der Waals surface area contributed by atoms with E-state index in [1.165, 1.54) is 0 Å². The van der Waals surface area contributed by atoms with Crippen LogP contribution in [0.15, 0.2) is 42.6 Å². The van der Waals surface area contributed by atoms with Crippen molar-refractivity contribution in [2.24, 2.45) is 0 Å². The van der Waals surface area contributed by atoms with Crippen LogP contribution < -0.4 is 5.32 Å². The van der Waals surface area contributed by atoms with Crippen molar-refractivity contribution in [2.45, 2.75) is 19.8 Å². The molecule has 4 nitrogen and oxygen atoms in total. The molecule has 0 unspecified atom stereocenters. The first-order valence-corrected chi connectivity index (χ1v) is 7.21. The zero-order chi connectivity index (χ0) is 14.7. The first-order valence-electron chi connectivity index (χ1n) is 7.21. The van der Waals surface area contributed by atoms with Gasteiger partial charge in [-0.05, 0) is 18.6 Å². The summed E-state index contributed by atoms with van der Waals surface area (Å²) in [6.07, 6.45) is 3.73. The molecule has 0 radical (unpaired) electrons. The van der Waals surface area contributed by atoms with Crippen LogP contribution in [0.5, 0.6) is 0 Å². The molecule has 0 aliphatic heterocycles. The van der Waals surface area contributed by atoms with Crippen LogP contribution in [0.2, 0.25) is 0 Å². The predicted octanol–water partition coefficient (Wildman–Crippen LogP) is 3.69. The molecule has 0 atom stereocenters. The number of pyridine rings is 1. The van der Waals surface area contributed by atoms with E-state index in [9.17, 15) is 0 Å². The lowest BCUT2D eigenvalue weighted by molar-refractivity contribution is 0.838. The van der Waals surface area contributed by atoms with Gasteiger partial charge >= 0.3 is 0 Å². The first kappa shape index (κ1) is 13.5. The molecule has 2 aromatic heterocycles. The van der Waals surface area contributed by atoms with Crippen LogP contribution >= 0.6 is 0 Å². The van der Waals surface area contributed by atoms with Gasteiger partial charge in [-0.2, -0.15) is 0 Å². The van der Waals surface area contributed by atoms with E-state index in [1.54, 1.807) is 0 Å². The second-order valence-corrected chi connectivity index (χ2v) is 4.97. The summed E-state index contributed by atoms with van der Waals surface area (Å²) in [4.78, 5) is 13.6. The van der Waals surface area contributed by atoms with E-state index in [0.717, 1.165) is 46.6 Å². The largest absolute Gasteiger partial charge is 0.373 e. The minimum Gasteiger partial charge on any atom is -0.373 e. The Kier molecular flexibility index (Phi) is 3.77. The summed E-state index contributed by atoms with van der Waals surface area (Å²) >= 11 is 0. The van der Waals surface area contributed by atoms with Gasteiger partial charge in [-0.3, -0.25) is 4.98 Å². The fourth-order valence-electron chi connectivity index (χ4n) is 2.33. The molecule has 1 aromatic carbocycles. The van der Waals surface area contributed by atoms with Crippen LogP contribution in [0.3, 0.4) is 0 Å². The van der Waals surface area contributed by atoms with Crippen LogP contribution in [0, 0.1) is 0 Å². The highest BCUT2D eigenvalue weighted by atomic mass is 15.0. The first-order chi connectivity index (χ1) is 10.3. The third kappa shape index (κ3) is 2.84. The van der Waals surface area contributed by atoms with Crippen molar-refractivity contribution in [1.29, 1.82) is 0 Å². The maximum absolute atomic E-state index is 4.67. The zero-order valence-corrected chi connectivity index (χ0v) is 12.3. The summed E-state index contributed by atoms with van der Waals surface area (Å²) < 4.78 is 0. The highest BCUT2D eigenvalue weighted by Gasteiger charge is 2.07. The summed E-state index contributed by atoms with van der Waals surface area (Å²) in [5.74, 6) is 1.73. The molecule has 0 aliphatic carbocycles. The van der Waals surface area contributed by atoms with Crippen molar-refractivity contribution in [3.05, 3.63) is 48.4 Å². The maximum atomic E-state index is 4.67. The number of aromatic nitrogens is 3. The van der Waals surface area contributed by atoms with Crippen molar-refractivity contribution in [3.63, 3.8) is 0 Å². The Labute approximate surface area is 124 Å². The number of aryl methyl sites for hydroxylation is 1. The van der Waals surface area contributed by atoms with Crippen molar-refractivity contribution in [2.75, 3.05) is 12.4 Å². The van der Waals surface area contributed by atoms with Crippen molar-refractivity contribution in [1.82, 2.24) is 15.0 Å². The highest BCUT2D eigenvalue weighted by molar-refractivity contribution is 5.83. The van der Waals surface area contributed by atoms with Gasteiger partial charge in [0, 0.05) is 36.7 Å². The highest BCUT2D eigenvalue weighted by Crippen LogP contribution is 2.23. The Bertz CT molecular complexity index is 768. The van der Waals surface area contributed by atoms with Gasteiger partial charge in [0.2, 0.25) is 0 Å². The molecule has 4 heteroatoms. The van der Waals surface area contributed by atoms with Crippen molar-refractivity contribution in [3.8, 4) is 11.3 Å². The monoisotopic (exact) mass is 278 g/mol. The normalized spacial score (nSPS) is 10.8. The van der Waals surface area contributed by atoms with Gasteiger partial charge < -0.3 is 5.32 Å². The number of benzene rings is 1. The van der Waals surface area contributed by atoms with Crippen LogP contribution in [-0.2, 0) is 6.42 Å². The minimum atomic E-state index is 0.851. The topological polar surface area (TPSA) is 50.7 Å². The smallest absolute Gasteiger partial charge is 0.131 e. The SMILES string of the molecule is CCCc1nc(NC)cc(-c2ccc3cccnc3c2)n1. The Balaban J connectivity index is 2.10. The lowest BCUT2D eigenvalue weighted by Crippen LogP contribution is -2.01. The molecule has 0 spiro atoms. The fraction of sp³-hybridized carbons (Fsp3) is 0.235. The molecule has 3 rings (SSSR count). The minimum absolute atomic E-state index is 0.851. The number of anilines is 1. The van der Waals surface area contributed by atoms with Gasteiger partial charge in [0.15, 0.2) is 0 Å². The average Bonchev–Trinajstić information content (AvgIpc) is 2.54. The van der Waals surface area contributed by atoms with Gasteiger partial charge in [0.1, 0.15) is 11.6 Å². The molecule has 2 heterocycles. The molecule has 21 heavy (non-hydrogen) atoms. The van der Waals surface area contributed by atoms with Crippen LogP contribution in [-0.4, -0.2) is 22.0 Å². The van der Waals surface area contributed by atoms with Crippen LogP contribution in [0.1, 0.15) is 19.2 Å². The average molecular weight is 278 g/mol. The molecule has 0 aliphatic rings. The lowest BCUT2D eigenvalue weighted by atomic mass is 10.1. The quantitative estimate of drug-likeness (QED) is 0.791. The number of nitrogens with one attached hydrogen (secondary N) is 1. The number of nitrogens with zero attached hydrogens (tertiary/aromatic N) is 3. The lowest BCUT2D eigenvalue weighted by Gasteiger charge is -2.08. The Morgan fingerprint density at radius 1 is 1.10 bits per heavy atom. The molecule has 0 saturated heterocycles. The van der Waals surface area contributed by atoms with E-state index < -0.39 is 0 Å². The third-order valence-electron chi connectivity index (χ3n) is 3.40. The van der Waals surface area contributed by atoms with Crippen molar-refractivity contribution >= 4 is 16.7 Å². The Hall–Kier alpha value is -2.49. The van der Waals surface area contributed by atoms with E-state index in [0.29, 0.717) is 0 Å².